The number of benzene rings is 1. The van der Waals surface area contributed by atoms with E-state index in [1.54, 1.807) is 7.11 Å². The smallest absolute Gasteiger partial charge is 0.161 e. The van der Waals surface area contributed by atoms with Crippen LogP contribution in [0.25, 0.3) is 0 Å². The third kappa shape index (κ3) is 4.16. The Bertz CT molecular complexity index is 711. The van der Waals surface area contributed by atoms with Crippen LogP contribution in [-0.2, 0) is 11.2 Å². The molecule has 2 heterocycles. The van der Waals surface area contributed by atoms with Crippen molar-refractivity contribution in [2.75, 3.05) is 26.8 Å². The first-order valence-electron chi connectivity index (χ1n) is 10.7. The van der Waals surface area contributed by atoms with Gasteiger partial charge >= 0.3 is 0 Å². The lowest BCUT2D eigenvalue weighted by Crippen LogP contribution is -2.47. The first kappa shape index (κ1) is 20.0. The number of alkyl halides is 1. The minimum absolute atomic E-state index is 0.102. The first-order valence-corrected chi connectivity index (χ1v) is 10.7. The van der Waals surface area contributed by atoms with Crippen molar-refractivity contribution in [3.05, 3.63) is 23.3 Å². The number of methoxy groups -OCH3 is 1. The fourth-order valence-corrected chi connectivity index (χ4v) is 4.79. The second kappa shape index (κ2) is 7.49. The highest BCUT2D eigenvalue weighted by Gasteiger charge is 2.39. The van der Waals surface area contributed by atoms with Crippen molar-refractivity contribution in [2.45, 2.75) is 82.7 Å². The molecule has 0 amide bonds. The van der Waals surface area contributed by atoms with Crippen molar-refractivity contribution < 1.29 is 18.6 Å². The van der Waals surface area contributed by atoms with Gasteiger partial charge in [-0.05, 0) is 82.6 Å². The Morgan fingerprint density at radius 2 is 1.96 bits per heavy atom. The Hall–Kier alpha value is -1.33. The van der Waals surface area contributed by atoms with Crippen molar-refractivity contribution in [3.8, 4) is 11.5 Å². The van der Waals surface area contributed by atoms with Crippen molar-refractivity contribution in [1.29, 1.82) is 0 Å². The number of hydrogen-bond acceptors (Lipinski definition) is 4. The number of fused-ring (bicyclic) bond motifs is 3. The van der Waals surface area contributed by atoms with Crippen molar-refractivity contribution >= 4 is 0 Å². The van der Waals surface area contributed by atoms with Gasteiger partial charge < -0.3 is 14.2 Å². The summed E-state index contributed by atoms with van der Waals surface area (Å²) in [5.74, 6) is 1.40. The normalized spacial score (nSPS) is 26.8. The maximum atomic E-state index is 14.4. The molecule has 1 saturated heterocycles. The van der Waals surface area contributed by atoms with Crippen LogP contribution in [-0.4, -0.2) is 49.1 Å². The van der Waals surface area contributed by atoms with E-state index in [1.807, 2.05) is 0 Å². The Morgan fingerprint density at radius 1 is 1.18 bits per heavy atom. The predicted octanol–water partition coefficient (Wildman–Crippen LogP) is 4.84. The average Bonchev–Trinajstić information content (AvgIpc) is 2.62. The molecule has 156 valence electrons. The van der Waals surface area contributed by atoms with Gasteiger partial charge in [0.2, 0.25) is 0 Å². The number of halogens is 1. The van der Waals surface area contributed by atoms with Crippen molar-refractivity contribution in [3.63, 3.8) is 0 Å². The van der Waals surface area contributed by atoms with Crippen LogP contribution in [0.5, 0.6) is 11.5 Å². The van der Waals surface area contributed by atoms with Crippen molar-refractivity contribution in [2.24, 2.45) is 0 Å². The lowest BCUT2D eigenvalue weighted by Gasteiger charge is -2.45. The van der Waals surface area contributed by atoms with E-state index in [-0.39, 0.29) is 12.2 Å². The fourth-order valence-electron chi connectivity index (χ4n) is 4.79. The number of rotatable bonds is 5. The molecule has 0 aromatic heterocycles. The van der Waals surface area contributed by atoms with Crippen LogP contribution >= 0.6 is 0 Å². The molecule has 1 aromatic rings. The monoisotopic (exact) mass is 391 g/mol. The van der Waals surface area contributed by atoms with Crippen LogP contribution in [0.15, 0.2) is 12.1 Å². The van der Waals surface area contributed by atoms with Crippen LogP contribution < -0.4 is 9.47 Å². The number of ether oxygens (including phenoxy) is 3. The van der Waals surface area contributed by atoms with Crippen LogP contribution in [0.2, 0.25) is 0 Å². The quantitative estimate of drug-likeness (QED) is 0.718. The van der Waals surface area contributed by atoms with E-state index in [2.05, 4.69) is 37.8 Å². The Labute approximate surface area is 168 Å². The summed E-state index contributed by atoms with van der Waals surface area (Å²) < 4.78 is 32.1. The van der Waals surface area contributed by atoms with Gasteiger partial charge in [-0.1, -0.05) is 0 Å². The van der Waals surface area contributed by atoms with Gasteiger partial charge in [-0.25, -0.2) is 4.39 Å². The molecular weight excluding hydrogens is 357 g/mol. The third-order valence-corrected chi connectivity index (χ3v) is 6.35. The average molecular weight is 392 g/mol. The number of piperidine rings is 1. The lowest BCUT2D eigenvalue weighted by molar-refractivity contribution is -0.0971. The van der Waals surface area contributed by atoms with Gasteiger partial charge in [0.05, 0.1) is 18.8 Å². The van der Waals surface area contributed by atoms with Gasteiger partial charge in [0, 0.05) is 19.1 Å². The zero-order valence-electron chi connectivity index (χ0n) is 17.7. The van der Waals surface area contributed by atoms with Gasteiger partial charge in [-0.15, -0.1) is 0 Å². The highest BCUT2D eigenvalue weighted by molar-refractivity contribution is 5.49. The van der Waals surface area contributed by atoms with Gasteiger partial charge in [0.25, 0.3) is 0 Å². The molecule has 4 nitrogen and oxygen atoms in total. The van der Waals surface area contributed by atoms with Crippen molar-refractivity contribution in [1.82, 2.24) is 4.90 Å². The molecule has 28 heavy (non-hydrogen) atoms. The van der Waals surface area contributed by atoms with E-state index < -0.39 is 5.67 Å². The topological polar surface area (TPSA) is 30.9 Å². The molecule has 5 heteroatoms. The van der Waals surface area contributed by atoms with Gasteiger partial charge in [-0.2, -0.15) is 0 Å². The maximum Gasteiger partial charge on any atom is 0.161 e. The van der Waals surface area contributed by atoms with E-state index in [0.29, 0.717) is 30.7 Å². The molecule has 0 radical (unpaired) electrons. The summed E-state index contributed by atoms with van der Waals surface area (Å²) in [5.41, 5.74) is 1.40. The van der Waals surface area contributed by atoms with Gasteiger partial charge in [-0.3, -0.25) is 4.90 Å². The largest absolute Gasteiger partial charge is 0.493 e. The molecule has 0 bridgehead atoms. The predicted molar refractivity (Wildman–Crippen MR) is 108 cm³/mol. The van der Waals surface area contributed by atoms with Crippen LogP contribution in [0.4, 0.5) is 4.39 Å². The summed E-state index contributed by atoms with van der Waals surface area (Å²) in [5, 5.41) is 0. The number of hydrogen-bond donors (Lipinski definition) is 0. The molecule has 1 aromatic carbocycles. The van der Waals surface area contributed by atoms with Gasteiger partial charge in [0.15, 0.2) is 11.5 Å². The Balaban J connectivity index is 1.49. The Kier molecular flexibility index (Phi) is 5.34. The second-order valence-corrected chi connectivity index (χ2v) is 9.69. The molecule has 0 spiro atoms. The highest BCUT2D eigenvalue weighted by Crippen LogP contribution is 2.43. The van der Waals surface area contributed by atoms with Crippen LogP contribution in [0.3, 0.4) is 0 Å². The standard InChI is InChI=1S/C23H34FNO3/c1-22(2,3)28-17-6-7-19-18-13-20(26-4)21(27-15-23(24)9-5-10-23)12-16(18)8-11-25(19)14-17/h12-13,17,19H,5-11,14-15H2,1-4H3. The van der Waals surface area contributed by atoms with Crippen LogP contribution in [0, 0.1) is 0 Å². The summed E-state index contributed by atoms with van der Waals surface area (Å²) in [6.07, 6.45) is 5.61. The molecule has 0 N–H and O–H groups in total. The molecule has 2 aliphatic heterocycles. The van der Waals surface area contributed by atoms with E-state index in [9.17, 15) is 4.39 Å². The molecule has 1 saturated carbocycles. The van der Waals surface area contributed by atoms with E-state index in [0.717, 1.165) is 44.5 Å². The van der Waals surface area contributed by atoms with E-state index >= 15 is 0 Å². The zero-order valence-corrected chi connectivity index (χ0v) is 17.7. The molecular formula is C23H34FNO3. The lowest BCUT2D eigenvalue weighted by atomic mass is 9.83. The Morgan fingerprint density at radius 3 is 2.61 bits per heavy atom. The summed E-state index contributed by atoms with van der Waals surface area (Å²) in [6, 6.07) is 4.62. The zero-order chi connectivity index (χ0) is 19.9. The third-order valence-electron chi connectivity index (χ3n) is 6.35. The van der Waals surface area contributed by atoms with Crippen LogP contribution in [0.1, 0.15) is 70.0 Å². The number of nitrogens with zero attached hydrogens (tertiary/aromatic N) is 1. The fraction of sp³-hybridized carbons (Fsp3) is 0.739. The molecule has 3 aliphatic rings. The summed E-state index contributed by atoms with van der Waals surface area (Å²) >= 11 is 0. The van der Waals surface area contributed by atoms with Gasteiger partial charge in [0.1, 0.15) is 12.3 Å². The molecule has 2 unspecified atom stereocenters. The summed E-state index contributed by atoms with van der Waals surface area (Å²) in [4.78, 5) is 2.55. The molecule has 2 atom stereocenters. The maximum absolute atomic E-state index is 14.4. The van der Waals surface area contributed by atoms with E-state index in [4.69, 9.17) is 14.2 Å². The summed E-state index contributed by atoms with van der Waals surface area (Å²) in [6.45, 7) is 8.52. The first-order chi connectivity index (χ1) is 13.3. The highest BCUT2D eigenvalue weighted by atomic mass is 19.1. The SMILES string of the molecule is COc1cc2c(cc1OCC1(F)CCC1)CCN1CC(OC(C)(C)C)CCC21. The minimum atomic E-state index is -1.15. The molecule has 4 rings (SSSR count). The second-order valence-electron chi connectivity index (χ2n) is 9.69. The summed E-state index contributed by atoms with van der Waals surface area (Å²) in [7, 11) is 1.66. The molecule has 1 aliphatic carbocycles. The molecule has 2 fully saturated rings. The van der Waals surface area contributed by atoms with E-state index in [1.165, 1.54) is 11.1 Å². The minimum Gasteiger partial charge on any atom is -0.493 e.